The molecule has 0 aromatic heterocycles. The van der Waals surface area contributed by atoms with Crippen LogP contribution in [-0.4, -0.2) is 49.4 Å². The van der Waals surface area contributed by atoms with Gasteiger partial charge in [-0.1, -0.05) is 15.9 Å². The Morgan fingerprint density at radius 2 is 2.14 bits per heavy atom. The third kappa shape index (κ3) is 3.47. The summed E-state index contributed by atoms with van der Waals surface area (Å²) < 4.78 is 17.4. The average Bonchev–Trinajstić information content (AvgIpc) is 2.34. The van der Waals surface area contributed by atoms with Crippen molar-refractivity contribution in [2.24, 2.45) is 5.73 Å². The Balaban J connectivity index is 0.00000220. The molecule has 2 aliphatic heterocycles. The molecular weight excluding hydrogens is 428 g/mol. The van der Waals surface area contributed by atoms with E-state index in [2.05, 4.69) is 15.9 Å². The van der Waals surface area contributed by atoms with Crippen LogP contribution in [-0.2, 0) is 25.5 Å². The number of halogens is 2. The highest BCUT2D eigenvalue weighted by Gasteiger charge is 2.59. The molecule has 6 nitrogen and oxygen atoms in total. The quantitative estimate of drug-likeness (QED) is 0.293. The molecule has 0 aromatic carbocycles. The minimum Gasteiger partial charge on any atom is -0.614 e. The van der Waals surface area contributed by atoms with Gasteiger partial charge in [0.25, 0.3) is 5.91 Å². The van der Waals surface area contributed by atoms with Crippen LogP contribution in [0.3, 0.4) is 0 Å². The molecule has 0 bridgehead atoms. The summed E-state index contributed by atoms with van der Waals surface area (Å²) in [4.78, 5) is 25.4. The van der Waals surface area contributed by atoms with Gasteiger partial charge in [0, 0.05) is 10.9 Å². The van der Waals surface area contributed by atoms with Gasteiger partial charge in [0.05, 0.1) is 0 Å². The van der Waals surface area contributed by atoms with E-state index < -0.39 is 34.2 Å². The van der Waals surface area contributed by atoms with Crippen molar-refractivity contribution in [1.29, 1.82) is 0 Å². The number of β-lactam (4-membered cyclic amide) rings is 1. The third-order valence-corrected chi connectivity index (χ3v) is 5.35. The molecule has 120 valence electrons. The first-order valence-corrected chi connectivity index (χ1v) is 8.65. The highest BCUT2D eigenvalue weighted by atomic mass is 79.9. The summed E-state index contributed by atoms with van der Waals surface area (Å²) in [5, 5.41) is -0.258. The standard InChI is InChI=1S/C12H17BrN2O4S.BrH/c1-12(2,3)19-11(17)8-6(4-13)5-20(18)10-7(14)9(16)15(8)10;/h7,10H,4-5,14H2,1-3H3;1H/t7-,10-,20?;/m1./s1. The second-order valence-corrected chi connectivity index (χ2v) is 7.83. The summed E-state index contributed by atoms with van der Waals surface area (Å²) in [7, 11) is 0. The Kier molecular flexibility index (Phi) is 5.93. The van der Waals surface area contributed by atoms with Crippen molar-refractivity contribution in [2.75, 3.05) is 11.1 Å². The van der Waals surface area contributed by atoms with Crippen LogP contribution in [0.4, 0.5) is 0 Å². The fraction of sp³-hybridized carbons (Fsp3) is 0.667. The van der Waals surface area contributed by atoms with Gasteiger partial charge >= 0.3 is 5.97 Å². The van der Waals surface area contributed by atoms with E-state index in [1.54, 1.807) is 20.8 Å². The fourth-order valence-corrected chi connectivity index (χ4v) is 4.54. The Bertz CT molecular complexity index is 492. The van der Waals surface area contributed by atoms with E-state index in [1.165, 1.54) is 4.90 Å². The second kappa shape index (κ2) is 6.57. The predicted molar refractivity (Wildman–Crippen MR) is 88.6 cm³/mol. The van der Waals surface area contributed by atoms with Crippen LogP contribution in [0.15, 0.2) is 11.3 Å². The van der Waals surface area contributed by atoms with Gasteiger partial charge < -0.3 is 15.0 Å². The highest BCUT2D eigenvalue weighted by molar-refractivity contribution is 9.09. The van der Waals surface area contributed by atoms with Crippen molar-refractivity contribution < 1.29 is 18.9 Å². The van der Waals surface area contributed by atoms with Crippen LogP contribution in [0, 0.1) is 0 Å². The van der Waals surface area contributed by atoms with Crippen LogP contribution in [0.5, 0.6) is 0 Å². The first-order valence-electron chi connectivity index (χ1n) is 6.14. The lowest BCUT2D eigenvalue weighted by Crippen LogP contribution is -2.73. The Morgan fingerprint density at radius 1 is 1.57 bits per heavy atom. The molecule has 3 atom stereocenters. The number of hydrogen-bond donors (Lipinski definition) is 1. The summed E-state index contributed by atoms with van der Waals surface area (Å²) in [6.07, 6.45) is 0. The van der Waals surface area contributed by atoms with Crippen molar-refractivity contribution in [1.82, 2.24) is 4.90 Å². The first kappa shape index (κ1) is 19.0. The Morgan fingerprint density at radius 3 is 2.62 bits per heavy atom. The van der Waals surface area contributed by atoms with Crippen LogP contribution < -0.4 is 5.73 Å². The highest BCUT2D eigenvalue weighted by Crippen LogP contribution is 2.37. The van der Waals surface area contributed by atoms with Gasteiger partial charge in [0.15, 0.2) is 6.04 Å². The van der Waals surface area contributed by atoms with Crippen LogP contribution in [0.25, 0.3) is 0 Å². The van der Waals surface area contributed by atoms with Gasteiger partial charge in [-0.15, -0.1) is 17.0 Å². The molecule has 1 saturated heterocycles. The van der Waals surface area contributed by atoms with Gasteiger partial charge in [-0.25, -0.2) is 4.79 Å². The van der Waals surface area contributed by atoms with E-state index in [0.717, 1.165) is 0 Å². The number of carbonyl (C=O) groups is 2. The summed E-state index contributed by atoms with van der Waals surface area (Å²) in [6.45, 7) is 5.25. The number of esters is 1. The molecule has 9 heteroatoms. The molecule has 0 spiro atoms. The van der Waals surface area contributed by atoms with E-state index in [0.29, 0.717) is 10.9 Å². The maximum Gasteiger partial charge on any atom is 0.355 e. The van der Waals surface area contributed by atoms with E-state index in [-0.39, 0.29) is 34.3 Å². The largest absolute Gasteiger partial charge is 0.614 e. The average molecular weight is 446 g/mol. The van der Waals surface area contributed by atoms with Gasteiger partial charge in [-0.3, -0.25) is 9.69 Å². The zero-order chi connectivity index (χ0) is 15.2. The topological polar surface area (TPSA) is 95.7 Å². The molecular formula is C12H18Br2N2O4S. The number of alkyl halides is 1. The molecule has 2 heterocycles. The molecule has 0 aliphatic carbocycles. The summed E-state index contributed by atoms with van der Waals surface area (Å²) in [6, 6.07) is -0.801. The Hall–Kier alpha value is -0.0900. The summed E-state index contributed by atoms with van der Waals surface area (Å²) >= 11 is 1.98. The number of nitrogens with zero attached hydrogens (tertiary/aromatic N) is 1. The predicted octanol–water partition coefficient (Wildman–Crippen LogP) is 0.813. The number of rotatable bonds is 2. The second-order valence-electron chi connectivity index (χ2n) is 5.74. The van der Waals surface area contributed by atoms with Crippen LogP contribution >= 0.6 is 32.9 Å². The molecule has 0 saturated carbocycles. The van der Waals surface area contributed by atoms with Gasteiger partial charge in [0.2, 0.25) is 5.37 Å². The molecule has 1 unspecified atom stereocenters. The zero-order valence-electron chi connectivity index (χ0n) is 11.9. The minimum atomic E-state index is -1.28. The molecule has 1 amide bonds. The van der Waals surface area contributed by atoms with Crippen molar-refractivity contribution in [3.63, 3.8) is 0 Å². The normalized spacial score (nSPS) is 28.6. The Labute approximate surface area is 145 Å². The van der Waals surface area contributed by atoms with E-state index in [1.807, 2.05) is 0 Å². The van der Waals surface area contributed by atoms with Crippen molar-refractivity contribution in [3.8, 4) is 0 Å². The first-order chi connectivity index (χ1) is 9.17. The van der Waals surface area contributed by atoms with E-state index in [4.69, 9.17) is 10.5 Å². The maximum atomic E-state index is 12.3. The van der Waals surface area contributed by atoms with E-state index in [9.17, 15) is 14.1 Å². The molecule has 2 aliphatic rings. The fourth-order valence-electron chi connectivity index (χ4n) is 2.17. The van der Waals surface area contributed by atoms with Crippen molar-refractivity contribution in [2.45, 2.75) is 37.8 Å². The molecule has 1 fully saturated rings. The van der Waals surface area contributed by atoms with Crippen molar-refractivity contribution >= 4 is 56.0 Å². The molecule has 2 N–H and O–H groups in total. The van der Waals surface area contributed by atoms with Gasteiger partial charge in [0.1, 0.15) is 17.1 Å². The lowest BCUT2D eigenvalue weighted by Gasteiger charge is -2.48. The summed E-state index contributed by atoms with van der Waals surface area (Å²) in [5.74, 6) is -0.738. The molecule has 0 aromatic rings. The minimum absolute atomic E-state index is 0. The lowest BCUT2D eigenvalue weighted by atomic mass is 10.0. The smallest absolute Gasteiger partial charge is 0.355 e. The summed E-state index contributed by atoms with van der Waals surface area (Å²) in [5.41, 5.74) is 5.80. The van der Waals surface area contributed by atoms with Crippen molar-refractivity contribution in [3.05, 3.63) is 11.3 Å². The van der Waals surface area contributed by atoms with Gasteiger partial charge in [-0.2, -0.15) is 0 Å². The molecule has 2 rings (SSSR count). The number of amides is 1. The van der Waals surface area contributed by atoms with Crippen LogP contribution in [0.2, 0.25) is 0 Å². The van der Waals surface area contributed by atoms with E-state index >= 15 is 0 Å². The van der Waals surface area contributed by atoms with Crippen LogP contribution in [0.1, 0.15) is 20.8 Å². The zero-order valence-corrected chi connectivity index (χ0v) is 16.0. The third-order valence-electron chi connectivity index (χ3n) is 3.00. The lowest BCUT2D eigenvalue weighted by molar-refractivity contribution is -0.158. The monoisotopic (exact) mass is 444 g/mol. The number of nitrogens with two attached hydrogens (primary N) is 1. The number of fused-ring (bicyclic) bond motifs is 1. The number of ether oxygens (including phenoxy) is 1. The molecule has 21 heavy (non-hydrogen) atoms. The van der Waals surface area contributed by atoms with Gasteiger partial charge in [-0.05, 0) is 31.9 Å². The number of carbonyl (C=O) groups excluding carboxylic acids is 2. The number of hydrogen-bond acceptors (Lipinski definition) is 5. The molecule has 0 radical (unpaired) electrons. The SMILES string of the molecule is Br.CC(C)(C)OC(=O)C1=C(CBr)C[S+]([O-])[C@@H]2[C@H](N)C(=O)N12. The maximum absolute atomic E-state index is 12.3.